The van der Waals surface area contributed by atoms with Crippen LogP contribution in [0, 0.1) is 41.5 Å². The summed E-state index contributed by atoms with van der Waals surface area (Å²) in [5, 5.41) is 23.6. The Labute approximate surface area is 241 Å². The van der Waals surface area contributed by atoms with Crippen molar-refractivity contribution in [1.29, 1.82) is 0 Å². The molecule has 0 saturated heterocycles. The first-order chi connectivity index (χ1) is 18.4. The maximum atomic E-state index is 11.8. The van der Waals surface area contributed by atoms with Gasteiger partial charge in [0.1, 0.15) is 11.5 Å². The molecule has 2 N–H and O–H groups in total. The Morgan fingerprint density at radius 2 is 0.675 bits per heavy atom. The molecular formula is C38H46O2. The van der Waals surface area contributed by atoms with Crippen LogP contribution in [0.1, 0.15) is 86.1 Å². The molecule has 0 radical (unpaired) electrons. The van der Waals surface area contributed by atoms with E-state index >= 15 is 0 Å². The second kappa shape index (κ2) is 10.1. The number of aromatic hydroxyl groups is 2. The van der Waals surface area contributed by atoms with Gasteiger partial charge in [-0.3, -0.25) is 0 Å². The minimum Gasteiger partial charge on any atom is -0.507 e. The van der Waals surface area contributed by atoms with E-state index in [1.54, 1.807) is 0 Å². The van der Waals surface area contributed by atoms with Crippen LogP contribution in [0.5, 0.6) is 11.5 Å². The van der Waals surface area contributed by atoms with Crippen molar-refractivity contribution >= 4 is 0 Å². The molecule has 2 nitrogen and oxygen atoms in total. The van der Waals surface area contributed by atoms with E-state index in [2.05, 4.69) is 119 Å². The van der Waals surface area contributed by atoms with Gasteiger partial charge in [-0.15, -0.1) is 0 Å². The Hall–Kier alpha value is -3.52. The predicted molar refractivity (Wildman–Crippen MR) is 172 cm³/mol. The molecule has 0 amide bonds. The Bertz CT molecular complexity index is 1450. The predicted octanol–water partition coefficient (Wildman–Crippen LogP) is 10.5. The van der Waals surface area contributed by atoms with Crippen LogP contribution in [0.25, 0.3) is 33.4 Å². The number of benzene rings is 4. The summed E-state index contributed by atoms with van der Waals surface area (Å²) in [6, 6.07) is 17.0. The summed E-state index contributed by atoms with van der Waals surface area (Å²) < 4.78 is 0. The molecule has 0 saturated carbocycles. The third-order valence-corrected chi connectivity index (χ3v) is 8.03. The second-order valence-electron chi connectivity index (χ2n) is 13.9. The summed E-state index contributed by atoms with van der Waals surface area (Å²) in [6.07, 6.45) is 0. The Kier molecular flexibility index (Phi) is 7.47. The van der Waals surface area contributed by atoms with Gasteiger partial charge in [-0.2, -0.15) is 0 Å². The number of phenols is 2. The van der Waals surface area contributed by atoms with E-state index in [0.717, 1.165) is 33.4 Å². The summed E-state index contributed by atoms with van der Waals surface area (Å²) >= 11 is 0. The van der Waals surface area contributed by atoms with Crippen molar-refractivity contribution in [1.82, 2.24) is 0 Å². The van der Waals surface area contributed by atoms with Crippen LogP contribution in [-0.2, 0) is 10.8 Å². The molecule has 4 aromatic carbocycles. The summed E-state index contributed by atoms with van der Waals surface area (Å²) in [5.74, 6) is 0.385. The van der Waals surface area contributed by atoms with Gasteiger partial charge in [-0.05, 0) is 132 Å². The van der Waals surface area contributed by atoms with Gasteiger partial charge in [0.05, 0.1) is 0 Å². The Morgan fingerprint density at radius 1 is 0.400 bits per heavy atom. The highest BCUT2D eigenvalue weighted by molar-refractivity contribution is 5.89. The topological polar surface area (TPSA) is 40.5 Å². The molecule has 0 fully saturated rings. The average molecular weight is 535 g/mol. The highest BCUT2D eigenvalue weighted by atomic mass is 16.3. The quantitative estimate of drug-likeness (QED) is 0.274. The molecule has 0 heterocycles. The molecule has 2 heteroatoms. The fraction of sp³-hybridized carbons (Fsp3) is 0.368. The third-order valence-electron chi connectivity index (χ3n) is 8.03. The lowest BCUT2D eigenvalue weighted by atomic mass is 9.74. The van der Waals surface area contributed by atoms with Crippen LogP contribution in [0.15, 0.2) is 48.5 Å². The fourth-order valence-electron chi connectivity index (χ4n) is 6.52. The van der Waals surface area contributed by atoms with E-state index in [0.29, 0.717) is 11.1 Å². The summed E-state index contributed by atoms with van der Waals surface area (Å²) in [6.45, 7) is 25.8. The van der Waals surface area contributed by atoms with Gasteiger partial charge < -0.3 is 10.2 Å². The van der Waals surface area contributed by atoms with E-state index in [1.807, 2.05) is 12.1 Å². The lowest BCUT2D eigenvalue weighted by molar-refractivity contribution is 0.463. The monoisotopic (exact) mass is 534 g/mol. The van der Waals surface area contributed by atoms with Gasteiger partial charge in [0.15, 0.2) is 0 Å². The molecule has 0 atom stereocenters. The van der Waals surface area contributed by atoms with Gasteiger partial charge >= 0.3 is 0 Å². The van der Waals surface area contributed by atoms with Crippen LogP contribution >= 0.6 is 0 Å². The highest BCUT2D eigenvalue weighted by Gasteiger charge is 2.30. The van der Waals surface area contributed by atoms with Gasteiger partial charge in [-0.25, -0.2) is 0 Å². The standard InChI is InChI=1S/C38H46O2/c1-21-13-23(3)33(24(4)14-21)27-17-29(37(7,8)9)35(31(39)19-27)36-30(38(10,11)12)18-28(20-32(36)40)34-25(5)15-22(2)16-26(34)6/h13-20,39-40H,1-12H3. The van der Waals surface area contributed by atoms with Crippen LogP contribution in [-0.4, -0.2) is 10.2 Å². The lowest BCUT2D eigenvalue weighted by Crippen LogP contribution is -2.17. The van der Waals surface area contributed by atoms with Crippen molar-refractivity contribution in [3.8, 4) is 44.9 Å². The van der Waals surface area contributed by atoms with Gasteiger partial charge in [0.2, 0.25) is 0 Å². The molecule has 210 valence electrons. The molecular weight excluding hydrogens is 488 g/mol. The fourth-order valence-corrected chi connectivity index (χ4v) is 6.52. The van der Waals surface area contributed by atoms with E-state index in [4.69, 9.17) is 0 Å². The SMILES string of the molecule is Cc1cc(C)c(-c2cc(O)c(-c3c(O)cc(-c4c(C)cc(C)cc4C)cc3C(C)(C)C)c(C(C)(C)C)c2)c(C)c1. The van der Waals surface area contributed by atoms with E-state index in [-0.39, 0.29) is 22.3 Å². The molecule has 0 aliphatic heterocycles. The minimum atomic E-state index is -0.278. The molecule has 0 aromatic heterocycles. The van der Waals surface area contributed by atoms with Crippen molar-refractivity contribution in [2.75, 3.05) is 0 Å². The zero-order valence-corrected chi connectivity index (χ0v) is 26.5. The van der Waals surface area contributed by atoms with E-state index in [1.165, 1.54) is 33.4 Å². The maximum absolute atomic E-state index is 11.8. The zero-order chi connectivity index (χ0) is 29.9. The van der Waals surface area contributed by atoms with Crippen LogP contribution in [0.2, 0.25) is 0 Å². The Morgan fingerprint density at radius 3 is 0.925 bits per heavy atom. The molecule has 0 spiro atoms. The zero-order valence-electron chi connectivity index (χ0n) is 26.5. The maximum Gasteiger partial charge on any atom is 0.124 e. The first-order valence-corrected chi connectivity index (χ1v) is 14.3. The summed E-state index contributed by atoms with van der Waals surface area (Å²) in [7, 11) is 0. The molecule has 40 heavy (non-hydrogen) atoms. The Balaban J connectivity index is 2.08. The van der Waals surface area contributed by atoms with E-state index < -0.39 is 0 Å². The van der Waals surface area contributed by atoms with Gasteiger partial charge in [0, 0.05) is 11.1 Å². The number of hydrogen-bond donors (Lipinski definition) is 2. The third kappa shape index (κ3) is 5.42. The van der Waals surface area contributed by atoms with Crippen molar-refractivity contribution in [3.63, 3.8) is 0 Å². The number of phenolic OH excluding ortho intramolecular Hbond substituents is 2. The van der Waals surface area contributed by atoms with Crippen molar-refractivity contribution < 1.29 is 10.2 Å². The molecule has 0 aliphatic carbocycles. The van der Waals surface area contributed by atoms with E-state index in [9.17, 15) is 10.2 Å². The van der Waals surface area contributed by atoms with Crippen molar-refractivity contribution in [2.24, 2.45) is 0 Å². The summed E-state index contributed by atoms with van der Waals surface area (Å²) in [4.78, 5) is 0. The number of hydrogen-bond acceptors (Lipinski definition) is 2. The molecule has 4 aromatic rings. The molecule has 4 rings (SSSR count). The van der Waals surface area contributed by atoms with Crippen LogP contribution in [0.3, 0.4) is 0 Å². The molecule has 0 aliphatic rings. The first kappa shape index (κ1) is 29.5. The lowest BCUT2D eigenvalue weighted by Gasteiger charge is -2.30. The first-order valence-electron chi connectivity index (χ1n) is 14.3. The van der Waals surface area contributed by atoms with Gasteiger partial charge in [0.25, 0.3) is 0 Å². The minimum absolute atomic E-state index is 0.193. The highest BCUT2D eigenvalue weighted by Crippen LogP contribution is 2.50. The van der Waals surface area contributed by atoms with Crippen molar-refractivity contribution in [3.05, 3.63) is 93.0 Å². The largest absolute Gasteiger partial charge is 0.507 e. The molecule has 0 bridgehead atoms. The molecule has 0 unspecified atom stereocenters. The van der Waals surface area contributed by atoms with Crippen LogP contribution in [0.4, 0.5) is 0 Å². The summed E-state index contributed by atoms with van der Waals surface area (Å²) in [5.41, 5.74) is 14.4. The average Bonchev–Trinajstić information content (AvgIpc) is 2.76. The normalized spacial score (nSPS) is 12.2. The number of rotatable bonds is 3. The smallest absolute Gasteiger partial charge is 0.124 e. The van der Waals surface area contributed by atoms with Crippen molar-refractivity contribution in [2.45, 2.75) is 93.9 Å². The van der Waals surface area contributed by atoms with Crippen LogP contribution < -0.4 is 0 Å². The number of aryl methyl sites for hydroxylation is 6. The second-order valence-corrected chi connectivity index (χ2v) is 13.9. The van der Waals surface area contributed by atoms with Gasteiger partial charge in [-0.1, -0.05) is 76.9 Å².